The van der Waals surface area contributed by atoms with Crippen LogP contribution in [-0.2, 0) is 16.0 Å². The zero-order valence-corrected chi connectivity index (χ0v) is 14.2. The van der Waals surface area contributed by atoms with Crippen LogP contribution in [0.15, 0.2) is 24.3 Å². The van der Waals surface area contributed by atoms with Crippen LogP contribution in [0.3, 0.4) is 0 Å². The van der Waals surface area contributed by atoms with E-state index < -0.39 is 24.0 Å². The quantitative estimate of drug-likeness (QED) is 0.497. The number of aliphatic carboxylic acids is 2. The molecular weight excluding hydrogens is 335 g/mol. The molecule has 0 aromatic heterocycles. The molecule has 0 aliphatic heterocycles. The topological polar surface area (TPSA) is 94.8 Å². The van der Waals surface area contributed by atoms with Gasteiger partial charge in [-0.3, -0.25) is 4.79 Å². The summed E-state index contributed by atoms with van der Waals surface area (Å²) in [6.45, 7) is 0. The van der Waals surface area contributed by atoms with Gasteiger partial charge in [0, 0.05) is 5.75 Å². The van der Waals surface area contributed by atoms with E-state index in [4.69, 9.17) is 10.2 Å². The Bertz CT molecular complexity index is 534. The van der Waals surface area contributed by atoms with Gasteiger partial charge in [-0.25, -0.2) is 9.18 Å². The Morgan fingerprint density at radius 1 is 1.04 bits per heavy atom. The lowest BCUT2D eigenvalue weighted by Gasteiger charge is -2.20. The van der Waals surface area contributed by atoms with Crippen LogP contribution in [-0.4, -0.2) is 44.4 Å². The van der Waals surface area contributed by atoms with Gasteiger partial charge in [0.15, 0.2) is 5.60 Å². The molecule has 1 rings (SSSR count). The van der Waals surface area contributed by atoms with E-state index in [1.807, 2.05) is 0 Å². The minimum Gasteiger partial charge on any atom is -0.481 e. The molecule has 0 bridgehead atoms. The first-order chi connectivity index (χ1) is 11.3. The first kappa shape index (κ1) is 20.4. The van der Waals surface area contributed by atoms with Gasteiger partial charge in [-0.1, -0.05) is 25.0 Å². The van der Waals surface area contributed by atoms with Gasteiger partial charge >= 0.3 is 11.9 Å². The zero-order valence-electron chi connectivity index (χ0n) is 13.4. The molecule has 0 amide bonds. The first-order valence-corrected chi connectivity index (χ1v) is 8.99. The molecule has 0 aliphatic carbocycles. The van der Waals surface area contributed by atoms with Gasteiger partial charge < -0.3 is 15.3 Å². The zero-order chi connectivity index (χ0) is 18.0. The van der Waals surface area contributed by atoms with Crippen molar-refractivity contribution in [2.45, 2.75) is 44.1 Å². The highest BCUT2D eigenvalue weighted by Gasteiger charge is 2.38. The predicted molar refractivity (Wildman–Crippen MR) is 90.7 cm³/mol. The summed E-state index contributed by atoms with van der Waals surface area (Å²) >= 11 is 1.25. The van der Waals surface area contributed by atoms with Gasteiger partial charge in [-0.05, 0) is 42.7 Å². The fourth-order valence-electron chi connectivity index (χ4n) is 2.22. The molecule has 5 nitrogen and oxygen atoms in total. The Labute approximate surface area is 144 Å². The minimum absolute atomic E-state index is 0.135. The number of halogens is 1. The van der Waals surface area contributed by atoms with Gasteiger partial charge in [0.1, 0.15) is 5.82 Å². The number of carboxylic acids is 2. The summed E-state index contributed by atoms with van der Waals surface area (Å²) in [5, 5.41) is 27.4. The van der Waals surface area contributed by atoms with E-state index in [9.17, 15) is 19.1 Å². The standard InChI is InChI=1S/C17H23FO5S/c18-14-8-6-13(7-9-14)5-3-1-2-4-10-24-12-17(23,16(21)22)11-15(19)20/h6-9,23H,1-5,10-12H2,(H,19,20)(H,21,22)/t17-/m0/s1. The number of hydrogen-bond acceptors (Lipinski definition) is 4. The average Bonchev–Trinajstić information content (AvgIpc) is 2.51. The van der Waals surface area contributed by atoms with Crippen molar-refractivity contribution < 1.29 is 29.3 Å². The van der Waals surface area contributed by atoms with Crippen molar-refractivity contribution in [1.29, 1.82) is 0 Å². The van der Waals surface area contributed by atoms with Crippen molar-refractivity contribution in [3.05, 3.63) is 35.6 Å². The fraction of sp³-hybridized carbons (Fsp3) is 0.529. The summed E-state index contributed by atoms with van der Waals surface area (Å²) in [4.78, 5) is 21.6. The fourth-order valence-corrected chi connectivity index (χ4v) is 3.33. The molecule has 0 radical (unpaired) electrons. The Hall–Kier alpha value is -1.60. The molecule has 134 valence electrons. The highest BCUT2D eigenvalue weighted by molar-refractivity contribution is 7.99. The monoisotopic (exact) mass is 358 g/mol. The maximum Gasteiger partial charge on any atom is 0.337 e. The summed E-state index contributed by atoms with van der Waals surface area (Å²) in [7, 11) is 0. The molecule has 0 heterocycles. The van der Waals surface area contributed by atoms with Crippen LogP contribution in [0.5, 0.6) is 0 Å². The number of benzene rings is 1. The van der Waals surface area contributed by atoms with E-state index in [0.29, 0.717) is 5.75 Å². The van der Waals surface area contributed by atoms with Gasteiger partial charge in [0.2, 0.25) is 0 Å². The minimum atomic E-state index is -2.21. The molecule has 0 spiro atoms. The largest absolute Gasteiger partial charge is 0.481 e. The number of thioether (sulfide) groups is 1. The maximum atomic E-state index is 12.8. The van der Waals surface area contributed by atoms with Crippen molar-refractivity contribution >= 4 is 23.7 Å². The van der Waals surface area contributed by atoms with E-state index in [1.165, 1.54) is 23.9 Å². The van der Waals surface area contributed by atoms with Crippen LogP contribution >= 0.6 is 11.8 Å². The molecule has 0 aliphatic rings. The Kier molecular flexibility index (Phi) is 8.78. The van der Waals surface area contributed by atoms with E-state index >= 15 is 0 Å². The molecule has 1 atom stereocenters. The number of aryl methyl sites for hydroxylation is 1. The second-order valence-electron chi connectivity index (χ2n) is 5.75. The van der Waals surface area contributed by atoms with Crippen molar-refractivity contribution in [3.8, 4) is 0 Å². The van der Waals surface area contributed by atoms with Crippen LogP contribution in [0.25, 0.3) is 0 Å². The molecule has 1 aromatic carbocycles. The maximum absolute atomic E-state index is 12.8. The Morgan fingerprint density at radius 2 is 1.67 bits per heavy atom. The van der Waals surface area contributed by atoms with Gasteiger partial charge in [0.05, 0.1) is 6.42 Å². The van der Waals surface area contributed by atoms with Crippen LogP contribution < -0.4 is 0 Å². The summed E-state index contributed by atoms with van der Waals surface area (Å²) in [6, 6.07) is 6.46. The van der Waals surface area contributed by atoms with Crippen molar-refractivity contribution in [1.82, 2.24) is 0 Å². The number of rotatable bonds is 12. The molecule has 0 saturated heterocycles. The number of carboxylic acid groups (broad SMARTS) is 2. The lowest BCUT2D eigenvalue weighted by molar-refractivity contribution is -0.162. The second kappa shape index (κ2) is 10.3. The molecular formula is C17H23FO5S. The molecule has 0 fully saturated rings. The van der Waals surface area contributed by atoms with Gasteiger partial charge in [0.25, 0.3) is 0 Å². The van der Waals surface area contributed by atoms with Crippen LogP contribution in [0.1, 0.15) is 37.7 Å². The number of aliphatic hydroxyl groups is 1. The van der Waals surface area contributed by atoms with Gasteiger partial charge in [-0.2, -0.15) is 11.8 Å². The predicted octanol–water partition coefficient (Wildman–Crippen LogP) is 2.95. The third kappa shape index (κ3) is 7.79. The highest BCUT2D eigenvalue weighted by atomic mass is 32.2. The van der Waals surface area contributed by atoms with Crippen molar-refractivity contribution in [2.24, 2.45) is 0 Å². The summed E-state index contributed by atoms with van der Waals surface area (Å²) < 4.78 is 12.8. The summed E-state index contributed by atoms with van der Waals surface area (Å²) in [5.74, 6) is -2.53. The molecule has 1 aromatic rings. The van der Waals surface area contributed by atoms with E-state index in [0.717, 1.165) is 37.7 Å². The second-order valence-corrected chi connectivity index (χ2v) is 6.86. The third-order valence-electron chi connectivity index (χ3n) is 3.60. The van der Waals surface area contributed by atoms with Crippen molar-refractivity contribution in [3.63, 3.8) is 0 Å². The lowest BCUT2D eigenvalue weighted by Crippen LogP contribution is -2.43. The number of unbranched alkanes of at least 4 members (excludes halogenated alkanes) is 3. The lowest BCUT2D eigenvalue weighted by atomic mass is 10.0. The van der Waals surface area contributed by atoms with E-state index in [-0.39, 0.29) is 11.6 Å². The Morgan fingerprint density at radius 3 is 2.25 bits per heavy atom. The number of carbonyl (C=O) groups is 2. The van der Waals surface area contributed by atoms with E-state index in [1.54, 1.807) is 12.1 Å². The van der Waals surface area contributed by atoms with Crippen LogP contribution in [0.2, 0.25) is 0 Å². The Balaban J connectivity index is 2.12. The normalized spacial score (nSPS) is 13.4. The molecule has 0 saturated carbocycles. The first-order valence-electron chi connectivity index (χ1n) is 7.83. The summed E-state index contributed by atoms with van der Waals surface area (Å²) in [6.07, 6.45) is 3.94. The molecule has 7 heteroatoms. The SMILES string of the molecule is O=C(O)C[C@](O)(CSCCCCCCc1ccc(F)cc1)C(=O)O. The average molecular weight is 358 g/mol. The van der Waals surface area contributed by atoms with Gasteiger partial charge in [-0.15, -0.1) is 0 Å². The van der Waals surface area contributed by atoms with Crippen molar-refractivity contribution in [2.75, 3.05) is 11.5 Å². The van der Waals surface area contributed by atoms with Crippen LogP contribution in [0.4, 0.5) is 4.39 Å². The third-order valence-corrected chi connectivity index (χ3v) is 4.86. The molecule has 24 heavy (non-hydrogen) atoms. The van der Waals surface area contributed by atoms with Crippen LogP contribution in [0, 0.1) is 5.82 Å². The summed E-state index contributed by atoms with van der Waals surface area (Å²) in [5.41, 5.74) is -1.11. The highest BCUT2D eigenvalue weighted by Crippen LogP contribution is 2.20. The number of hydrogen-bond donors (Lipinski definition) is 3. The molecule has 3 N–H and O–H groups in total. The van der Waals surface area contributed by atoms with E-state index in [2.05, 4.69) is 0 Å². The smallest absolute Gasteiger partial charge is 0.337 e. The molecule has 0 unspecified atom stereocenters.